The van der Waals surface area contributed by atoms with E-state index in [1.807, 2.05) is 32.0 Å². The molecule has 1 unspecified atom stereocenters. The highest BCUT2D eigenvalue weighted by atomic mass is 35.5. The smallest absolute Gasteiger partial charge is 0.244 e. The fourth-order valence-corrected chi connectivity index (χ4v) is 4.40. The molecule has 0 aliphatic rings. The molecule has 0 aliphatic heterocycles. The van der Waals surface area contributed by atoms with E-state index in [2.05, 4.69) is 0 Å². The molecule has 1 aromatic carbocycles. The third-order valence-corrected chi connectivity index (χ3v) is 5.65. The van der Waals surface area contributed by atoms with Gasteiger partial charge in [0.15, 0.2) is 0 Å². The summed E-state index contributed by atoms with van der Waals surface area (Å²) in [7, 11) is 0.103. The molecule has 1 aromatic rings. The Morgan fingerprint density at radius 1 is 1.38 bits per heavy atom. The molecule has 0 spiro atoms. The zero-order valence-electron chi connectivity index (χ0n) is 12.7. The SMILES string of the molecule is CCN(C(C)CN(C)C)S(=O)(=O)c1ccc(C#N)cc1Cl. The van der Waals surface area contributed by atoms with Gasteiger partial charge in [0, 0.05) is 19.1 Å². The van der Waals surface area contributed by atoms with Gasteiger partial charge in [0.25, 0.3) is 0 Å². The number of nitrogens with zero attached hydrogens (tertiary/aromatic N) is 3. The van der Waals surface area contributed by atoms with Crippen LogP contribution in [0, 0.1) is 11.3 Å². The van der Waals surface area contributed by atoms with Crippen LogP contribution in [-0.4, -0.2) is 50.8 Å². The Morgan fingerprint density at radius 3 is 2.43 bits per heavy atom. The van der Waals surface area contributed by atoms with Crippen LogP contribution in [0.2, 0.25) is 5.02 Å². The highest BCUT2D eigenvalue weighted by Crippen LogP contribution is 2.26. The van der Waals surface area contributed by atoms with Crippen molar-refractivity contribution in [1.29, 1.82) is 5.26 Å². The van der Waals surface area contributed by atoms with Crippen molar-refractivity contribution in [3.05, 3.63) is 28.8 Å². The summed E-state index contributed by atoms with van der Waals surface area (Å²) in [6.07, 6.45) is 0. The lowest BCUT2D eigenvalue weighted by Crippen LogP contribution is -2.43. The molecule has 5 nitrogen and oxygen atoms in total. The molecule has 0 aliphatic carbocycles. The van der Waals surface area contributed by atoms with Gasteiger partial charge < -0.3 is 4.90 Å². The zero-order chi connectivity index (χ0) is 16.2. The topological polar surface area (TPSA) is 64.4 Å². The van der Waals surface area contributed by atoms with Gasteiger partial charge in [-0.1, -0.05) is 18.5 Å². The van der Waals surface area contributed by atoms with E-state index in [1.165, 1.54) is 22.5 Å². The predicted octanol–water partition coefficient (Wildman–Crippen LogP) is 2.17. The fraction of sp³-hybridized carbons (Fsp3) is 0.500. The molecule has 0 aromatic heterocycles. The van der Waals surface area contributed by atoms with Crippen LogP contribution >= 0.6 is 11.6 Å². The van der Waals surface area contributed by atoms with Crippen molar-refractivity contribution in [2.45, 2.75) is 24.8 Å². The van der Waals surface area contributed by atoms with Gasteiger partial charge in [-0.15, -0.1) is 0 Å². The van der Waals surface area contributed by atoms with Gasteiger partial charge in [0.05, 0.1) is 16.7 Å². The standard InChI is InChI=1S/C14H20ClN3O2S/c1-5-18(11(2)10-17(3)4)21(19,20)14-7-6-12(9-16)8-13(14)15/h6-8,11H,5,10H2,1-4H3. The van der Waals surface area contributed by atoms with E-state index in [-0.39, 0.29) is 16.0 Å². The van der Waals surface area contributed by atoms with E-state index < -0.39 is 10.0 Å². The van der Waals surface area contributed by atoms with E-state index in [9.17, 15) is 8.42 Å². The van der Waals surface area contributed by atoms with E-state index in [0.717, 1.165) is 0 Å². The molecule has 0 N–H and O–H groups in total. The van der Waals surface area contributed by atoms with Gasteiger partial charge in [-0.3, -0.25) is 0 Å². The van der Waals surface area contributed by atoms with Crippen LogP contribution in [0.4, 0.5) is 0 Å². The van der Waals surface area contributed by atoms with Crippen molar-refractivity contribution in [2.75, 3.05) is 27.2 Å². The molecule has 7 heteroatoms. The highest BCUT2D eigenvalue weighted by Gasteiger charge is 2.29. The van der Waals surface area contributed by atoms with E-state index in [4.69, 9.17) is 16.9 Å². The predicted molar refractivity (Wildman–Crippen MR) is 83.7 cm³/mol. The average Bonchev–Trinajstić information content (AvgIpc) is 2.37. The summed E-state index contributed by atoms with van der Waals surface area (Å²) in [5.74, 6) is 0. The molecule has 0 fully saturated rings. The number of likely N-dealkylation sites (N-methyl/N-ethyl adjacent to an activating group) is 2. The molecule has 0 amide bonds. The Labute approximate surface area is 131 Å². The summed E-state index contributed by atoms with van der Waals surface area (Å²) in [6, 6.07) is 5.99. The van der Waals surface area contributed by atoms with Crippen molar-refractivity contribution >= 4 is 21.6 Å². The highest BCUT2D eigenvalue weighted by molar-refractivity contribution is 7.89. The Hall–Kier alpha value is -1.13. The molecular weight excluding hydrogens is 310 g/mol. The zero-order valence-corrected chi connectivity index (χ0v) is 14.2. The molecule has 0 heterocycles. The van der Waals surface area contributed by atoms with Crippen LogP contribution in [0.5, 0.6) is 0 Å². The lowest BCUT2D eigenvalue weighted by molar-refractivity contribution is 0.271. The molecular formula is C14H20ClN3O2S. The normalized spacial score (nSPS) is 13.4. The molecule has 0 bridgehead atoms. The molecule has 0 saturated carbocycles. The first-order chi connectivity index (χ1) is 9.73. The number of sulfonamides is 1. The molecule has 0 radical (unpaired) electrons. The molecule has 1 atom stereocenters. The van der Waals surface area contributed by atoms with Crippen LogP contribution in [0.25, 0.3) is 0 Å². The Balaban J connectivity index is 3.22. The van der Waals surface area contributed by atoms with Crippen molar-refractivity contribution in [3.8, 4) is 6.07 Å². The molecule has 21 heavy (non-hydrogen) atoms. The quantitative estimate of drug-likeness (QED) is 0.802. The number of nitriles is 1. The minimum absolute atomic E-state index is 0.0376. The maximum absolute atomic E-state index is 12.7. The lowest BCUT2D eigenvalue weighted by Gasteiger charge is -2.29. The number of halogens is 1. The second kappa shape index (κ2) is 7.23. The summed E-state index contributed by atoms with van der Waals surface area (Å²) < 4.78 is 26.9. The Bertz CT molecular complexity index is 638. The van der Waals surface area contributed by atoms with Crippen molar-refractivity contribution in [2.24, 2.45) is 0 Å². The summed E-state index contributed by atoms with van der Waals surface area (Å²) in [5, 5.41) is 8.90. The van der Waals surface area contributed by atoms with Crippen LogP contribution in [0.15, 0.2) is 23.1 Å². The Morgan fingerprint density at radius 2 is 2.00 bits per heavy atom. The van der Waals surface area contributed by atoms with Crippen LogP contribution in [0.3, 0.4) is 0 Å². The largest absolute Gasteiger partial charge is 0.308 e. The monoisotopic (exact) mass is 329 g/mol. The maximum atomic E-state index is 12.7. The third kappa shape index (κ3) is 4.17. The van der Waals surface area contributed by atoms with Crippen molar-refractivity contribution in [1.82, 2.24) is 9.21 Å². The number of hydrogen-bond donors (Lipinski definition) is 0. The summed E-state index contributed by atoms with van der Waals surface area (Å²) >= 11 is 6.04. The third-order valence-electron chi connectivity index (χ3n) is 3.08. The minimum Gasteiger partial charge on any atom is -0.308 e. The van der Waals surface area contributed by atoms with E-state index in [0.29, 0.717) is 18.7 Å². The number of benzene rings is 1. The number of rotatable bonds is 6. The fourth-order valence-electron chi connectivity index (χ4n) is 2.24. The van der Waals surface area contributed by atoms with Crippen molar-refractivity contribution in [3.63, 3.8) is 0 Å². The molecule has 0 saturated heterocycles. The van der Waals surface area contributed by atoms with Gasteiger partial charge in [-0.25, -0.2) is 8.42 Å². The Kier molecular flexibility index (Phi) is 6.17. The molecule has 116 valence electrons. The second-order valence-electron chi connectivity index (χ2n) is 5.08. The summed E-state index contributed by atoms with van der Waals surface area (Å²) in [5.41, 5.74) is 0.336. The van der Waals surface area contributed by atoms with Crippen LogP contribution in [-0.2, 0) is 10.0 Å². The second-order valence-corrected chi connectivity index (χ2v) is 7.34. The van der Waals surface area contributed by atoms with Gasteiger partial charge in [0.1, 0.15) is 4.90 Å². The van der Waals surface area contributed by atoms with E-state index >= 15 is 0 Å². The minimum atomic E-state index is -3.69. The van der Waals surface area contributed by atoms with E-state index in [1.54, 1.807) is 6.92 Å². The van der Waals surface area contributed by atoms with Gasteiger partial charge in [-0.2, -0.15) is 9.57 Å². The van der Waals surface area contributed by atoms with Gasteiger partial charge >= 0.3 is 0 Å². The first kappa shape index (κ1) is 17.9. The summed E-state index contributed by atoms with van der Waals surface area (Å²) in [6.45, 7) is 4.62. The first-order valence-electron chi connectivity index (χ1n) is 6.60. The molecule has 1 rings (SSSR count). The number of hydrogen-bond acceptors (Lipinski definition) is 4. The first-order valence-corrected chi connectivity index (χ1v) is 8.42. The van der Waals surface area contributed by atoms with Crippen molar-refractivity contribution < 1.29 is 8.42 Å². The maximum Gasteiger partial charge on any atom is 0.244 e. The van der Waals surface area contributed by atoms with Gasteiger partial charge in [0.2, 0.25) is 10.0 Å². The van der Waals surface area contributed by atoms with Crippen LogP contribution in [0.1, 0.15) is 19.4 Å². The van der Waals surface area contributed by atoms with Crippen LogP contribution < -0.4 is 0 Å². The average molecular weight is 330 g/mol. The lowest BCUT2D eigenvalue weighted by atomic mass is 10.2. The summed E-state index contributed by atoms with van der Waals surface area (Å²) in [4.78, 5) is 1.97. The van der Waals surface area contributed by atoms with Gasteiger partial charge in [-0.05, 0) is 39.2 Å².